The van der Waals surface area contributed by atoms with Gasteiger partial charge in [-0.15, -0.1) is 0 Å². The Morgan fingerprint density at radius 2 is 1.67 bits per heavy atom. The lowest BCUT2D eigenvalue weighted by Gasteiger charge is -2.52. The summed E-state index contributed by atoms with van der Waals surface area (Å²) in [6.07, 6.45) is 0. The molecule has 6 nitrogen and oxygen atoms in total. The van der Waals surface area contributed by atoms with Gasteiger partial charge in [-0.25, -0.2) is 0 Å². The van der Waals surface area contributed by atoms with Gasteiger partial charge in [-0.3, -0.25) is 4.79 Å². The molecule has 6 heteroatoms. The molecule has 3 N–H and O–H groups in total. The Morgan fingerprint density at radius 3 is 2.17 bits per heavy atom. The van der Waals surface area contributed by atoms with E-state index in [9.17, 15) is 20.6 Å². The van der Waals surface area contributed by atoms with Crippen LogP contribution in [0, 0.1) is 56.7 Å². The van der Waals surface area contributed by atoms with Gasteiger partial charge in [0.15, 0.2) is 10.8 Å². The number of carbonyl (C=O) groups is 1. The first kappa shape index (κ1) is 16.0. The number of fused-ring (bicyclic) bond motifs is 2. The highest BCUT2D eigenvalue weighted by atomic mass is 16.2. The largest absolute Gasteiger partial charge is 0.336 e. The second-order valence-corrected chi connectivity index (χ2v) is 6.74. The van der Waals surface area contributed by atoms with Crippen molar-refractivity contribution < 1.29 is 4.79 Å². The van der Waals surface area contributed by atoms with Gasteiger partial charge in [0.25, 0.3) is 0 Å². The van der Waals surface area contributed by atoms with Crippen molar-refractivity contribution in [1.82, 2.24) is 5.32 Å². The molecule has 24 heavy (non-hydrogen) atoms. The maximum absolute atomic E-state index is 12.8. The summed E-state index contributed by atoms with van der Waals surface area (Å²) in [5.41, 5.74) is 2.45. The van der Waals surface area contributed by atoms with Crippen LogP contribution < -0.4 is 11.1 Å². The Kier molecular flexibility index (Phi) is 3.20. The van der Waals surface area contributed by atoms with Crippen molar-refractivity contribution in [1.29, 1.82) is 15.8 Å². The van der Waals surface area contributed by atoms with E-state index in [0.717, 1.165) is 5.56 Å². The van der Waals surface area contributed by atoms with E-state index in [1.54, 1.807) is 31.2 Å². The second kappa shape index (κ2) is 4.81. The number of nitrogens with zero attached hydrogens (tertiary/aromatic N) is 3. The Balaban J connectivity index is 2.40. The van der Waals surface area contributed by atoms with E-state index in [0.29, 0.717) is 0 Å². The lowest BCUT2D eigenvalue weighted by molar-refractivity contribution is -0.129. The molecule has 2 aliphatic rings. The molecule has 3 rings (SSSR count). The Hall–Kier alpha value is -2.88. The van der Waals surface area contributed by atoms with Crippen LogP contribution >= 0.6 is 0 Å². The Morgan fingerprint density at radius 1 is 1.08 bits per heavy atom. The number of carbonyl (C=O) groups excluding carboxylic acids is 1. The zero-order chi connectivity index (χ0) is 17.8. The summed E-state index contributed by atoms with van der Waals surface area (Å²) in [5, 5.41) is 32.6. The van der Waals surface area contributed by atoms with Crippen LogP contribution in [-0.2, 0) is 4.79 Å². The van der Waals surface area contributed by atoms with Gasteiger partial charge >= 0.3 is 0 Å². The molecule has 120 valence electrons. The summed E-state index contributed by atoms with van der Waals surface area (Å²) in [6.45, 7) is 3.49. The lowest BCUT2D eigenvalue weighted by atomic mass is 9.45. The van der Waals surface area contributed by atoms with Gasteiger partial charge in [0.2, 0.25) is 5.91 Å². The zero-order valence-electron chi connectivity index (χ0n) is 13.4. The number of rotatable bonds is 1. The fourth-order valence-corrected chi connectivity index (χ4v) is 4.66. The molecular formula is C18H17N5O. The van der Waals surface area contributed by atoms with E-state index in [1.165, 1.54) is 0 Å². The molecular weight excluding hydrogens is 302 g/mol. The van der Waals surface area contributed by atoms with Crippen molar-refractivity contribution in [3.05, 3.63) is 35.9 Å². The topological polar surface area (TPSA) is 126 Å². The third-order valence-electron chi connectivity index (χ3n) is 6.08. The van der Waals surface area contributed by atoms with Gasteiger partial charge in [0.1, 0.15) is 0 Å². The minimum Gasteiger partial charge on any atom is -0.336 e. The molecule has 1 aliphatic carbocycles. The number of amides is 1. The molecule has 2 bridgehead atoms. The van der Waals surface area contributed by atoms with Gasteiger partial charge in [0, 0.05) is 17.8 Å². The Bertz CT molecular complexity index is 816. The summed E-state index contributed by atoms with van der Waals surface area (Å²) < 4.78 is 0. The number of hydrogen-bond acceptors (Lipinski definition) is 5. The quantitative estimate of drug-likeness (QED) is 0.808. The predicted octanol–water partition coefficient (Wildman–Crippen LogP) is 1.38. The van der Waals surface area contributed by atoms with Crippen molar-refractivity contribution in [3.63, 3.8) is 0 Å². The van der Waals surface area contributed by atoms with Gasteiger partial charge in [-0.2, -0.15) is 15.8 Å². The first-order valence-electron chi connectivity index (χ1n) is 7.76. The van der Waals surface area contributed by atoms with Gasteiger partial charge in [0.05, 0.1) is 23.9 Å². The maximum atomic E-state index is 12.8. The molecule has 1 aromatic carbocycles. The van der Waals surface area contributed by atoms with Crippen LogP contribution in [0.5, 0.6) is 0 Å². The minimum absolute atomic E-state index is 0.401. The number of nitrogens with one attached hydrogen (secondary N) is 1. The fourth-order valence-electron chi connectivity index (χ4n) is 4.66. The van der Waals surface area contributed by atoms with Gasteiger partial charge in [-0.05, 0) is 5.56 Å². The van der Waals surface area contributed by atoms with E-state index in [2.05, 4.69) is 5.32 Å². The highest BCUT2D eigenvalue weighted by molar-refractivity contribution is 5.93. The van der Waals surface area contributed by atoms with Crippen LogP contribution in [-0.4, -0.2) is 11.6 Å². The average Bonchev–Trinajstić information content (AvgIpc) is 2.77. The molecule has 1 aliphatic heterocycles. The predicted molar refractivity (Wildman–Crippen MR) is 84.3 cm³/mol. The molecule has 1 amide bonds. The normalized spacial score (nSPS) is 39.2. The number of hydrogen-bond donors (Lipinski definition) is 2. The fraction of sp³-hybridized carbons (Fsp3) is 0.444. The van der Waals surface area contributed by atoms with Gasteiger partial charge < -0.3 is 11.1 Å². The van der Waals surface area contributed by atoms with E-state index >= 15 is 0 Å². The smallest absolute Gasteiger partial charge is 0.245 e. The van der Waals surface area contributed by atoms with Crippen LogP contribution in [0.3, 0.4) is 0 Å². The van der Waals surface area contributed by atoms with Crippen molar-refractivity contribution in [3.8, 4) is 18.2 Å². The summed E-state index contributed by atoms with van der Waals surface area (Å²) >= 11 is 0. The Labute approximate surface area is 140 Å². The van der Waals surface area contributed by atoms with E-state index < -0.39 is 40.2 Å². The average molecular weight is 319 g/mol. The number of nitrogens with two attached hydrogens (primary N) is 1. The minimum atomic E-state index is -1.81. The zero-order valence-corrected chi connectivity index (χ0v) is 13.4. The third-order valence-corrected chi connectivity index (χ3v) is 6.08. The summed E-state index contributed by atoms with van der Waals surface area (Å²) in [4.78, 5) is 12.8. The van der Waals surface area contributed by atoms with Crippen LogP contribution in [0.25, 0.3) is 0 Å². The van der Waals surface area contributed by atoms with E-state index in [1.807, 2.05) is 31.2 Å². The first-order chi connectivity index (χ1) is 11.4. The maximum Gasteiger partial charge on any atom is 0.245 e. The molecule has 1 aromatic rings. The summed E-state index contributed by atoms with van der Waals surface area (Å²) in [7, 11) is 0. The van der Waals surface area contributed by atoms with Crippen molar-refractivity contribution in [2.24, 2.45) is 28.4 Å². The van der Waals surface area contributed by atoms with E-state index in [-0.39, 0.29) is 0 Å². The molecule has 0 spiro atoms. The highest BCUT2D eigenvalue weighted by Crippen LogP contribution is 2.66. The highest BCUT2D eigenvalue weighted by Gasteiger charge is 2.79. The van der Waals surface area contributed by atoms with Crippen LogP contribution in [0.1, 0.15) is 25.3 Å². The van der Waals surface area contributed by atoms with Gasteiger partial charge in [-0.1, -0.05) is 44.2 Å². The molecule has 0 unspecified atom stereocenters. The second-order valence-electron chi connectivity index (χ2n) is 6.74. The summed E-state index contributed by atoms with van der Waals surface area (Å²) in [6, 6.07) is 15.1. The molecule has 5 atom stereocenters. The van der Waals surface area contributed by atoms with Crippen LogP contribution in [0.4, 0.5) is 0 Å². The van der Waals surface area contributed by atoms with Crippen molar-refractivity contribution in [2.45, 2.75) is 25.4 Å². The van der Waals surface area contributed by atoms with Crippen molar-refractivity contribution >= 4 is 5.91 Å². The third kappa shape index (κ3) is 1.44. The lowest BCUT2D eigenvalue weighted by Crippen LogP contribution is -2.66. The SMILES string of the molecule is C[C@H]1[C@H](c2ccccc2)C(C#N)(C#N)[C@]2(C#N)C(=O)N[C@@]1(N)[C@@H]2C. The van der Waals surface area contributed by atoms with Crippen LogP contribution in [0.15, 0.2) is 30.3 Å². The molecule has 0 aromatic heterocycles. The molecule has 1 saturated heterocycles. The summed E-state index contributed by atoms with van der Waals surface area (Å²) in [5.74, 6) is -2.36. The molecule has 0 radical (unpaired) electrons. The molecule has 1 heterocycles. The van der Waals surface area contributed by atoms with E-state index in [4.69, 9.17) is 5.73 Å². The van der Waals surface area contributed by atoms with Crippen molar-refractivity contribution in [2.75, 3.05) is 0 Å². The first-order valence-corrected chi connectivity index (χ1v) is 7.76. The monoisotopic (exact) mass is 319 g/mol. The standard InChI is InChI=1S/C18H17N5O/c1-11-14(13-6-4-3-5-7-13)16(8-19,9-20)17(10-21)12(2)18(11,22)23-15(17)24/h3-7,11-12,14H,22H2,1-2H3,(H,23,24)/t11-,12+,14+,17-,18+/m0/s1. The van der Waals surface area contributed by atoms with Crippen LogP contribution in [0.2, 0.25) is 0 Å². The number of benzene rings is 1. The number of nitriles is 3. The molecule has 2 fully saturated rings. The molecule has 1 saturated carbocycles.